The summed E-state index contributed by atoms with van der Waals surface area (Å²) in [4.78, 5) is 0. The molecule has 0 aromatic heterocycles. The van der Waals surface area contributed by atoms with Gasteiger partial charge >= 0.3 is 0 Å². The van der Waals surface area contributed by atoms with Crippen molar-refractivity contribution in [2.45, 2.75) is 144 Å². The Morgan fingerprint density at radius 1 is 0.824 bits per heavy atom. The number of rotatable bonds is 8. The Morgan fingerprint density at radius 2 is 1.50 bits per heavy atom. The van der Waals surface area contributed by atoms with E-state index >= 15 is 0 Å². The third-order valence-corrected chi connectivity index (χ3v) is 13.4. The van der Waals surface area contributed by atoms with Crippen LogP contribution in [0.25, 0.3) is 0 Å². The number of hydrogen-bond donors (Lipinski definition) is 0. The summed E-state index contributed by atoms with van der Waals surface area (Å²) < 4.78 is 6.64. The molecule has 0 aliphatic heterocycles. The summed E-state index contributed by atoms with van der Waals surface area (Å²) in [5.74, 6) is 7.63. The van der Waals surface area contributed by atoms with Crippen LogP contribution in [0.4, 0.5) is 0 Å². The zero-order chi connectivity index (χ0) is 24.9. The van der Waals surface area contributed by atoms with Crippen LogP contribution in [0, 0.1) is 58.2 Å². The second-order valence-corrected chi connectivity index (χ2v) is 19.9. The summed E-state index contributed by atoms with van der Waals surface area (Å²) in [6.07, 6.45) is 18.1. The van der Waals surface area contributed by atoms with Crippen LogP contribution in [0.5, 0.6) is 0 Å². The van der Waals surface area contributed by atoms with E-state index in [0.29, 0.717) is 16.9 Å². The molecule has 0 unspecified atom stereocenters. The quantitative estimate of drug-likeness (QED) is 0.309. The van der Waals surface area contributed by atoms with Crippen molar-refractivity contribution in [1.82, 2.24) is 0 Å². The molecular formula is C32H60OSi. The minimum Gasteiger partial charge on any atom is -0.415 e. The molecule has 198 valence electrons. The first-order valence-corrected chi connectivity index (χ1v) is 19.0. The van der Waals surface area contributed by atoms with Crippen LogP contribution in [0.2, 0.25) is 19.6 Å². The van der Waals surface area contributed by atoms with Crippen LogP contribution in [0.15, 0.2) is 0 Å². The van der Waals surface area contributed by atoms with Crippen LogP contribution in [-0.2, 0) is 4.43 Å². The van der Waals surface area contributed by atoms with E-state index in [4.69, 9.17) is 4.43 Å². The highest BCUT2D eigenvalue weighted by Gasteiger charge is 2.60. The molecule has 34 heavy (non-hydrogen) atoms. The van der Waals surface area contributed by atoms with E-state index in [2.05, 4.69) is 61.2 Å². The Morgan fingerprint density at radius 3 is 2.15 bits per heavy atom. The first-order chi connectivity index (χ1) is 15.9. The maximum absolute atomic E-state index is 6.64. The Kier molecular flexibility index (Phi) is 8.12. The first kappa shape index (κ1) is 27.2. The van der Waals surface area contributed by atoms with Gasteiger partial charge in [-0.2, -0.15) is 0 Å². The molecule has 0 N–H and O–H groups in total. The molecule has 0 amide bonds. The number of fused-ring (bicyclic) bond motifs is 5. The van der Waals surface area contributed by atoms with E-state index in [9.17, 15) is 0 Å². The lowest BCUT2D eigenvalue weighted by molar-refractivity contribution is -0.127. The standard InChI is InChI=1S/C32H60OSi/c1-10-24(22(2)3)12-11-23(4)28-15-16-29-27-14-13-25-21-26(33-34(7,8)9)17-19-31(25,5)30(27)18-20-32(28,29)6/h22-30H,10-21H2,1-9H3/t23-,24-,25-,26+,27+,28-,29+,30+,31+,32-/m1/s1. The van der Waals surface area contributed by atoms with Crippen molar-refractivity contribution in [3.8, 4) is 0 Å². The number of hydrogen-bond acceptors (Lipinski definition) is 1. The molecular weight excluding hydrogens is 428 g/mol. The van der Waals surface area contributed by atoms with Gasteiger partial charge in [-0.1, -0.05) is 54.4 Å². The molecule has 0 bridgehead atoms. The van der Waals surface area contributed by atoms with Gasteiger partial charge in [-0.15, -0.1) is 0 Å². The average Bonchev–Trinajstić information content (AvgIpc) is 3.10. The zero-order valence-corrected chi connectivity index (χ0v) is 25.6. The second-order valence-electron chi connectivity index (χ2n) is 15.5. The van der Waals surface area contributed by atoms with Gasteiger partial charge < -0.3 is 4.43 Å². The van der Waals surface area contributed by atoms with Crippen LogP contribution >= 0.6 is 0 Å². The molecule has 0 aromatic rings. The Hall–Kier alpha value is 0.177. The van der Waals surface area contributed by atoms with Gasteiger partial charge in [-0.05, 0) is 142 Å². The maximum atomic E-state index is 6.64. The Labute approximate surface area is 215 Å². The minimum atomic E-state index is -1.43. The molecule has 4 aliphatic rings. The molecule has 1 nitrogen and oxygen atoms in total. The topological polar surface area (TPSA) is 9.23 Å². The fourth-order valence-corrected chi connectivity index (χ4v) is 11.7. The average molecular weight is 489 g/mol. The lowest BCUT2D eigenvalue weighted by Crippen LogP contribution is -2.54. The summed E-state index contributed by atoms with van der Waals surface area (Å²) in [6, 6.07) is 0. The summed E-state index contributed by atoms with van der Waals surface area (Å²) >= 11 is 0. The fourth-order valence-electron chi connectivity index (χ4n) is 10.5. The van der Waals surface area contributed by atoms with Crippen LogP contribution < -0.4 is 0 Å². The molecule has 2 heteroatoms. The van der Waals surface area contributed by atoms with Crippen molar-refractivity contribution < 1.29 is 4.43 Å². The molecule has 4 aliphatic carbocycles. The summed E-state index contributed by atoms with van der Waals surface area (Å²) in [5.41, 5.74) is 1.22. The summed E-state index contributed by atoms with van der Waals surface area (Å²) in [7, 11) is -1.43. The predicted molar refractivity (Wildman–Crippen MR) is 150 cm³/mol. The minimum absolute atomic E-state index is 0.560. The fraction of sp³-hybridized carbons (Fsp3) is 1.00. The van der Waals surface area contributed by atoms with Gasteiger partial charge in [0.2, 0.25) is 0 Å². The SMILES string of the molecule is CC[C@H](CC[C@@H](C)[C@H]1CC[C@H]2[C@@H]3CC[C@@H]4C[C@@H](O[Si](C)(C)C)CC[C@]4(C)[C@H]3CC[C@]12C)C(C)C. The third-order valence-electron chi connectivity index (χ3n) is 12.4. The van der Waals surface area contributed by atoms with Gasteiger partial charge in [0.15, 0.2) is 8.32 Å². The largest absolute Gasteiger partial charge is 0.415 e. The smallest absolute Gasteiger partial charge is 0.184 e. The first-order valence-electron chi connectivity index (χ1n) is 15.6. The van der Waals surface area contributed by atoms with Gasteiger partial charge in [-0.25, -0.2) is 0 Å². The molecule has 0 radical (unpaired) electrons. The molecule has 4 fully saturated rings. The van der Waals surface area contributed by atoms with Crippen molar-refractivity contribution in [3.05, 3.63) is 0 Å². The van der Waals surface area contributed by atoms with E-state index in [1.165, 1.54) is 77.0 Å². The zero-order valence-electron chi connectivity index (χ0n) is 24.6. The third kappa shape index (κ3) is 5.12. The van der Waals surface area contributed by atoms with Crippen molar-refractivity contribution >= 4 is 8.32 Å². The van der Waals surface area contributed by atoms with E-state index in [-0.39, 0.29) is 0 Å². The predicted octanol–water partition coefficient (Wildman–Crippen LogP) is 9.96. The lowest BCUT2D eigenvalue weighted by Gasteiger charge is -2.61. The highest BCUT2D eigenvalue weighted by molar-refractivity contribution is 6.69. The maximum Gasteiger partial charge on any atom is 0.184 e. The van der Waals surface area contributed by atoms with Crippen molar-refractivity contribution in [1.29, 1.82) is 0 Å². The van der Waals surface area contributed by atoms with Gasteiger partial charge in [0.05, 0.1) is 0 Å². The highest BCUT2D eigenvalue weighted by Crippen LogP contribution is 2.68. The van der Waals surface area contributed by atoms with E-state index < -0.39 is 8.32 Å². The second kappa shape index (κ2) is 10.1. The molecule has 4 saturated carbocycles. The summed E-state index contributed by atoms with van der Waals surface area (Å²) in [5, 5.41) is 0. The lowest BCUT2D eigenvalue weighted by atomic mass is 9.44. The van der Waals surface area contributed by atoms with E-state index in [1.54, 1.807) is 0 Å². The molecule has 0 heterocycles. The van der Waals surface area contributed by atoms with Crippen LogP contribution in [0.1, 0.15) is 119 Å². The summed E-state index contributed by atoms with van der Waals surface area (Å²) in [6.45, 7) is 22.5. The van der Waals surface area contributed by atoms with E-state index in [1.807, 2.05) is 0 Å². The normalized spacial score (nSPS) is 44.3. The Bertz CT molecular complexity index is 681. The monoisotopic (exact) mass is 488 g/mol. The van der Waals surface area contributed by atoms with Gasteiger partial charge in [-0.3, -0.25) is 0 Å². The Balaban J connectivity index is 1.42. The molecule has 0 saturated heterocycles. The van der Waals surface area contributed by atoms with Crippen LogP contribution in [0.3, 0.4) is 0 Å². The van der Waals surface area contributed by atoms with Crippen molar-refractivity contribution in [3.63, 3.8) is 0 Å². The van der Waals surface area contributed by atoms with Crippen LogP contribution in [-0.4, -0.2) is 14.4 Å². The van der Waals surface area contributed by atoms with Gasteiger partial charge in [0.25, 0.3) is 0 Å². The van der Waals surface area contributed by atoms with Gasteiger partial charge in [0, 0.05) is 6.10 Å². The van der Waals surface area contributed by atoms with Gasteiger partial charge in [0.1, 0.15) is 0 Å². The molecule has 10 atom stereocenters. The van der Waals surface area contributed by atoms with Crippen molar-refractivity contribution in [2.75, 3.05) is 0 Å². The van der Waals surface area contributed by atoms with Crippen molar-refractivity contribution in [2.24, 2.45) is 58.2 Å². The molecule has 0 aromatic carbocycles. The van der Waals surface area contributed by atoms with E-state index in [0.717, 1.165) is 47.3 Å². The molecule has 4 rings (SSSR count). The highest BCUT2D eigenvalue weighted by atomic mass is 28.4. The molecule has 0 spiro atoms.